The molecular weight excluding hydrogens is 427 g/mol. The van der Waals surface area contributed by atoms with E-state index in [1.54, 1.807) is 30.3 Å². The molecule has 0 aliphatic carbocycles. The summed E-state index contributed by atoms with van der Waals surface area (Å²) >= 11 is 0. The highest BCUT2D eigenvalue weighted by atomic mass is 32.2. The second kappa shape index (κ2) is 9.00. The van der Waals surface area contributed by atoms with Crippen molar-refractivity contribution >= 4 is 27.3 Å². The molecule has 1 fully saturated rings. The van der Waals surface area contributed by atoms with Crippen LogP contribution in [-0.2, 0) is 10.2 Å². The first-order valence-electron chi connectivity index (χ1n) is 11.3. The van der Waals surface area contributed by atoms with Crippen LogP contribution >= 0.6 is 0 Å². The summed E-state index contributed by atoms with van der Waals surface area (Å²) in [5, 5.41) is 3.60. The van der Waals surface area contributed by atoms with Crippen LogP contribution in [0, 0.1) is 5.82 Å². The van der Waals surface area contributed by atoms with Gasteiger partial charge in [-0.05, 0) is 70.8 Å². The number of nitrogens with zero attached hydrogens (tertiary/aromatic N) is 3. The quantitative estimate of drug-likeness (QED) is 0.654. The van der Waals surface area contributed by atoms with Crippen molar-refractivity contribution in [2.75, 3.05) is 34.8 Å². The molecule has 1 N–H and O–H groups in total. The molecule has 0 spiro atoms. The number of para-hydroxylation sites is 3. The molecule has 2 aliphatic rings. The maximum absolute atomic E-state index is 14.5. The van der Waals surface area contributed by atoms with Gasteiger partial charge in [-0.2, -0.15) is 8.42 Å². The minimum absolute atomic E-state index is 0.0474. The van der Waals surface area contributed by atoms with Crippen molar-refractivity contribution in [2.45, 2.75) is 51.6 Å². The minimum Gasteiger partial charge on any atom is -0.314 e. The second-order valence-corrected chi connectivity index (χ2v) is 11.2. The normalized spacial score (nSPS) is 19.4. The molecule has 0 bridgehead atoms. The Labute approximate surface area is 191 Å². The lowest BCUT2D eigenvalue weighted by Crippen LogP contribution is -2.50. The SMILES string of the molecule is CC(C)(C)N1CCC(NCCCN2c3ccccc3N(c3ccccc3F)S2(=O)=O)CC1. The van der Waals surface area contributed by atoms with Gasteiger partial charge in [0.25, 0.3) is 0 Å². The van der Waals surface area contributed by atoms with Crippen molar-refractivity contribution in [1.82, 2.24) is 10.2 Å². The van der Waals surface area contributed by atoms with Crippen LogP contribution in [0.3, 0.4) is 0 Å². The zero-order valence-electron chi connectivity index (χ0n) is 19.1. The summed E-state index contributed by atoms with van der Waals surface area (Å²) < 4.78 is 43.8. The first-order valence-corrected chi connectivity index (χ1v) is 12.7. The van der Waals surface area contributed by atoms with Crippen LogP contribution < -0.4 is 13.9 Å². The summed E-state index contributed by atoms with van der Waals surface area (Å²) in [6, 6.07) is 13.5. The predicted molar refractivity (Wildman–Crippen MR) is 128 cm³/mol. The third kappa shape index (κ3) is 4.49. The summed E-state index contributed by atoms with van der Waals surface area (Å²) in [6.45, 7) is 9.99. The number of nitrogens with one attached hydrogen (secondary N) is 1. The van der Waals surface area contributed by atoms with Gasteiger partial charge >= 0.3 is 10.2 Å². The average molecular weight is 461 g/mol. The lowest BCUT2D eigenvalue weighted by molar-refractivity contribution is 0.0964. The lowest BCUT2D eigenvalue weighted by Gasteiger charge is -2.41. The summed E-state index contributed by atoms with van der Waals surface area (Å²) in [4.78, 5) is 2.51. The van der Waals surface area contributed by atoms with E-state index >= 15 is 0 Å². The number of halogens is 1. The van der Waals surface area contributed by atoms with E-state index in [1.807, 2.05) is 6.07 Å². The van der Waals surface area contributed by atoms with Gasteiger partial charge in [0.2, 0.25) is 0 Å². The molecule has 2 heterocycles. The van der Waals surface area contributed by atoms with Gasteiger partial charge in [-0.25, -0.2) is 8.70 Å². The van der Waals surface area contributed by atoms with Gasteiger partial charge in [0.15, 0.2) is 0 Å². The Hall–Kier alpha value is -2.16. The highest BCUT2D eigenvalue weighted by molar-refractivity contribution is 7.95. The number of benzene rings is 2. The van der Waals surface area contributed by atoms with Gasteiger partial charge in [-0.3, -0.25) is 9.21 Å². The maximum atomic E-state index is 14.5. The van der Waals surface area contributed by atoms with Crippen molar-refractivity contribution in [3.05, 3.63) is 54.3 Å². The number of hydrogen-bond acceptors (Lipinski definition) is 4. The van der Waals surface area contributed by atoms with Crippen LogP contribution in [-0.4, -0.2) is 51.1 Å². The smallest absolute Gasteiger partial charge is 0.314 e. The monoisotopic (exact) mass is 460 g/mol. The summed E-state index contributed by atoms with van der Waals surface area (Å²) in [5.41, 5.74) is 1.33. The molecular formula is C24H33FN4O2S. The summed E-state index contributed by atoms with van der Waals surface area (Å²) in [6.07, 6.45) is 2.88. The first kappa shape index (κ1) is 23.0. The van der Waals surface area contributed by atoms with Gasteiger partial charge in [0, 0.05) is 31.2 Å². The fourth-order valence-electron chi connectivity index (χ4n) is 4.58. The van der Waals surface area contributed by atoms with Crippen LogP contribution in [0.4, 0.5) is 21.5 Å². The summed E-state index contributed by atoms with van der Waals surface area (Å²) in [7, 11) is -3.90. The predicted octanol–water partition coefficient (Wildman–Crippen LogP) is 4.27. The molecule has 0 aromatic heterocycles. The Bertz CT molecular complexity index is 1050. The largest absolute Gasteiger partial charge is 0.331 e. The topological polar surface area (TPSA) is 55.9 Å². The van der Waals surface area contributed by atoms with E-state index < -0.39 is 16.0 Å². The zero-order valence-corrected chi connectivity index (χ0v) is 19.9. The van der Waals surface area contributed by atoms with E-state index in [2.05, 4.69) is 31.0 Å². The molecule has 8 heteroatoms. The third-order valence-electron chi connectivity index (χ3n) is 6.36. The van der Waals surface area contributed by atoms with Crippen molar-refractivity contribution in [3.8, 4) is 0 Å². The Kier molecular flexibility index (Phi) is 6.47. The first-order chi connectivity index (χ1) is 15.2. The molecule has 2 aliphatic heterocycles. The molecule has 0 atom stereocenters. The second-order valence-electron chi connectivity index (χ2n) is 9.52. The van der Waals surface area contributed by atoms with E-state index in [1.165, 1.54) is 16.4 Å². The van der Waals surface area contributed by atoms with Gasteiger partial charge in [-0.15, -0.1) is 0 Å². The molecule has 2 aromatic carbocycles. The number of likely N-dealkylation sites (tertiary alicyclic amines) is 1. The number of fused-ring (bicyclic) bond motifs is 1. The fourth-order valence-corrected chi connectivity index (χ4v) is 6.34. The highest BCUT2D eigenvalue weighted by Crippen LogP contribution is 2.45. The summed E-state index contributed by atoms with van der Waals surface area (Å²) in [5.74, 6) is -0.559. The van der Waals surface area contributed by atoms with Crippen molar-refractivity contribution in [2.24, 2.45) is 0 Å². The number of rotatable bonds is 6. The minimum atomic E-state index is -3.90. The zero-order chi connectivity index (χ0) is 22.9. The van der Waals surface area contributed by atoms with E-state index in [0.717, 1.165) is 36.8 Å². The number of anilines is 3. The maximum Gasteiger partial charge on any atom is 0.331 e. The van der Waals surface area contributed by atoms with E-state index in [-0.39, 0.29) is 11.2 Å². The van der Waals surface area contributed by atoms with Gasteiger partial charge in [-0.1, -0.05) is 24.3 Å². The molecule has 0 radical (unpaired) electrons. The molecule has 1 saturated heterocycles. The third-order valence-corrected chi connectivity index (χ3v) is 8.16. The van der Waals surface area contributed by atoms with Gasteiger partial charge in [0.05, 0.1) is 17.1 Å². The fraction of sp³-hybridized carbons (Fsp3) is 0.500. The van der Waals surface area contributed by atoms with Crippen molar-refractivity contribution < 1.29 is 12.8 Å². The number of hydrogen-bond donors (Lipinski definition) is 1. The average Bonchev–Trinajstić information content (AvgIpc) is 2.97. The molecule has 4 rings (SSSR count). The van der Waals surface area contributed by atoms with E-state index in [4.69, 9.17) is 0 Å². The van der Waals surface area contributed by atoms with Gasteiger partial charge < -0.3 is 5.32 Å². The van der Waals surface area contributed by atoms with Crippen molar-refractivity contribution in [1.29, 1.82) is 0 Å². The van der Waals surface area contributed by atoms with Crippen LogP contribution in [0.1, 0.15) is 40.0 Å². The van der Waals surface area contributed by atoms with Crippen LogP contribution in [0.15, 0.2) is 48.5 Å². The molecule has 2 aromatic rings. The Balaban J connectivity index is 1.40. The molecule has 174 valence electrons. The highest BCUT2D eigenvalue weighted by Gasteiger charge is 2.41. The Morgan fingerprint density at radius 2 is 1.56 bits per heavy atom. The molecule has 6 nitrogen and oxygen atoms in total. The standard InChI is InChI=1S/C24H33FN4O2S/c1-24(2,3)27-17-13-19(14-18-27)26-15-8-16-28-22-11-6-7-12-23(22)29(32(28,30)31)21-10-5-4-9-20(21)25/h4-7,9-12,19,26H,8,13-18H2,1-3H3. The molecule has 0 saturated carbocycles. The Morgan fingerprint density at radius 1 is 0.969 bits per heavy atom. The van der Waals surface area contributed by atoms with Crippen molar-refractivity contribution in [3.63, 3.8) is 0 Å². The molecule has 0 unspecified atom stereocenters. The Morgan fingerprint density at radius 3 is 2.19 bits per heavy atom. The van der Waals surface area contributed by atoms with Gasteiger partial charge in [0.1, 0.15) is 5.82 Å². The van der Waals surface area contributed by atoms with Crippen LogP contribution in [0.2, 0.25) is 0 Å². The van der Waals surface area contributed by atoms with Crippen LogP contribution in [0.25, 0.3) is 0 Å². The lowest BCUT2D eigenvalue weighted by atomic mass is 9.98. The van der Waals surface area contributed by atoms with E-state index in [9.17, 15) is 12.8 Å². The number of piperidine rings is 1. The molecule has 0 amide bonds. The molecule has 32 heavy (non-hydrogen) atoms. The van der Waals surface area contributed by atoms with E-state index in [0.29, 0.717) is 30.4 Å². The van der Waals surface area contributed by atoms with Crippen LogP contribution in [0.5, 0.6) is 0 Å².